The van der Waals surface area contributed by atoms with Gasteiger partial charge >= 0.3 is 5.97 Å². The minimum atomic E-state index is -1.17. The number of aromatic hydroxyl groups is 1. The summed E-state index contributed by atoms with van der Waals surface area (Å²) in [7, 11) is 0. The van der Waals surface area contributed by atoms with Crippen molar-refractivity contribution in [2.75, 3.05) is 5.75 Å². The number of benzene rings is 1. The Morgan fingerprint density at radius 1 is 0.943 bits per heavy atom. The van der Waals surface area contributed by atoms with Crippen molar-refractivity contribution < 1.29 is 29.4 Å². The summed E-state index contributed by atoms with van der Waals surface area (Å²) in [6.45, 7) is 7.30. The Labute approximate surface area is 211 Å². The number of aliphatic carboxylic acids is 1. The molecule has 0 saturated carbocycles. The maximum atomic E-state index is 13.2. The third-order valence-electron chi connectivity index (χ3n) is 5.66. The van der Waals surface area contributed by atoms with Crippen LogP contribution in [0.5, 0.6) is 5.75 Å². The second-order valence-corrected chi connectivity index (χ2v) is 9.49. The minimum absolute atomic E-state index is 0.0433. The lowest BCUT2D eigenvalue weighted by atomic mass is 9.97. The molecule has 1 rings (SSSR count). The fourth-order valence-electron chi connectivity index (χ4n) is 3.35. The quantitative estimate of drug-likeness (QED) is 0.182. The first kappa shape index (κ1) is 30.2. The van der Waals surface area contributed by atoms with Crippen molar-refractivity contribution in [2.45, 2.75) is 71.1 Å². The van der Waals surface area contributed by atoms with E-state index in [1.165, 1.54) is 12.1 Å². The Bertz CT molecular complexity index is 864. The van der Waals surface area contributed by atoms with E-state index in [-0.39, 0.29) is 29.8 Å². The zero-order chi connectivity index (χ0) is 26.7. The van der Waals surface area contributed by atoms with Gasteiger partial charge in [-0.25, -0.2) is 4.79 Å². The van der Waals surface area contributed by atoms with Gasteiger partial charge in [0.15, 0.2) is 0 Å². The first-order valence-corrected chi connectivity index (χ1v) is 12.3. The zero-order valence-electron chi connectivity index (χ0n) is 20.7. The third kappa shape index (κ3) is 10.2. The van der Waals surface area contributed by atoms with Crippen molar-refractivity contribution in [1.82, 2.24) is 16.0 Å². The number of phenols is 1. The summed E-state index contributed by atoms with van der Waals surface area (Å²) >= 11 is 4.01. The summed E-state index contributed by atoms with van der Waals surface area (Å²) in [5.41, 5.74) is 6.36. The molecule has 7 N–H and O–H groups in total. The molecule has 0 aliphatic carbocycles. The van der Waals surface area contributed by atoms with E-state index >= 15 is 0 Å². The highest BCUT2D eigenvalue weighted by Crippen LogP contribution is 2.14. The molecule has 11 heteroatoms. The average Bonchev–Trinajstić information content (AvgIpc) is 2.81. The molecular formula is C24H38N4O6S. The van der Waals surface area contributed by atoms with Crippen molar-refractivity contribution >= 4 is 36.3 Å². The van der Waals surface area contributed by atoms with Crippen LogP contribution in [0, 0.1) is 11.8 Å². The Balaban J connectivity index is 3.18. The van der Waals surface area contributed by atoms with Crippen LogP contribution in [0.1, 0.15) is 46.1 Å². The van der Waals surface area contributed by atoms with E-state index in [1.807, 2.05) is 20.8 Å². The second-order valence-electron chi connectivity index (χ2n) is 9.12. The molecule has 0 aliphatic rings. The summed E-state index contributed by atoms with van der Waals surface area (Å²) < 4.78 is 0. The lowest BCUT2D eigenvalue weighted by Crippen LogP contribution is -2.58. The van der Waals surface area contributed by atoms with Gasteiger partial charge in [0.1, 0.15) is 23.9 Å². The molecular weight excluding hydrogens is 472 g/mol. The van der Waals surface area contributed by atoms with Gasteiger partial charge in [-0.1, -0.05) is 46.2 Å². The number of carbonyl (C=O) groups excluding carboxylic acids is 3. The van der Waals surface area contributed by atoms with Crippen LogP contribution in [-0.4, -0.2) is 63.8 Å². The summed E-state index contributed by atoms with van der Waals surface area (Å²) in [6.07, 6.45) is 0.873. The lowest BCUT2D eigenvalue weighted by molar-refractivity contribution is -0.143. The van der Waals surface area contributed by atoms with Gasteiger partial charge in [-0.15, -0.1) is 0 Å². The number of carboxylic acid groups (broad SMARTS) is 1. The van der Waals surface area contributed by atoms with Gasteiger partial charge in [-0.2, -0.15) is 12.6 Å². The van der Waals surface area contributed by atoms with Gasteiger partial charge in [0, 0.05) is 12.2 Å². The minimum Gasteiger partial charge on any atom is -0.508 e. The molecule has 5 atom stereocenters. The smallest absolute Gasteiger partial charge is 0.326 e. The molecule has 10 nitrogen and oxygen atoms in total. The van der Waals surface area contributed by atoms with Crippen LogP contribution in [0.2, 0.25) is 0 Å². The first-order valence-electron chi connectivity index (χ1n) is 11.7. The number of carboxylic acids is 1. The Morgan fingerprint density at radius 2 is 1.49 bits per heavy atom. The van der Waals surface area contributed by atoms with Crippen molar-refractivity contribution in [3.63, 3.8) is 0 Å². The van der Waals surface area contributed by atoms with E-state index < -0.39 is 47.9 Å². The van der Waals surface area contributed by atoms with Crippen LogP contribution < -0.4 is 21.7 Å². The standard InChI is InChI=1S/C24H38N4O6S/c1-5-14(4)20(24(33)34)28-23(32)19(11-15-6-8-16(29)9-7-15)27-22(31)18(10-13(2)3)26-21(30)17(25)12-35/h6-9,13-14,17-20,29,35H,5,10-12,25H2,1-4H3,(H,26,30)(H,27,31)(H,28,32)(H,33,34). The number of carbonyl (C=O) groups is 4. The molecule has 5 unspecified atom stereocenters. The van der Waals surface area contributed by atoms with Crippen LogP contribution in [0.25, 0.3) is 0 Å². The molecule has 0 radical (unpaired) electrons. The summed E-state index contributed by atoms with van der Waals surface area (Å²) in [4.78, 5) is 50.4. The molecule has 0 spiro atoms. The molecule has 3 amide bonds. The van der Waals surface area contributed by atoms with E-state index in [1.54, 1.807) is 19.1 Å². The second kappa shape index (κ2) is 14.6. The molecule has 1 aromatic carbocycles. The van der Waals surface area contributed by atoms with Gasteiger partial charge in [0.05, 0.1) is 6.04 Å². The van der Waals surface area contributed by atoms with Crippen LogP contribution in [-0.2, 0) is 25.6 Å². The molecule has 196 valence electrons. The third-order valence-corrected chi connectivity index (χ3v) is 6.05. The van der Waals surface area contributed by atoms with Gasteiger partial charge in [0.25, 0.3) is 0 Å². The number of nitrogens with two attached hydrogens (primary N) is 1. The van der Waals surface area contributed by atoms with E-state index in [2.05, 4.69) is 28.6 Å². The highest BCUT2D eigenvalue weighted by atomic mass is 32.1. The number of hydrogen-bond donors (Lipinski definition) is 7. The fourth-order valence-corrected chi connectivity index (χ4v) is 3.52. The van der Waals surface area contributed by atoms with E-state index in [9.17, 15) is 29.4 Å². The number of amides is 3. The molecule has 1 aromatic rings. The number of rotatable bonds is 14. The van der Waals surface area contributed by atoms with Crippen molar-refractivity contribution in [1.29, 1.82) is 0 Å². The molecule has 0 aromatic heterocycles. The predicted molar refractivity (Wildman–Crippen MR) is 136 cm³/mol. The highest BCUT2D eigenvalue weighted by molar-refractivity contribution is 7.80. The largest absolute Gasteiger partial charge is 0.508 e. The molecule has 0 bridgehead atoms. The fraction of sp³-hybridized carbons (Fsp3) is 0.583. The van der Waals surface area contributed by atoms with Crippen molar-refractivity contribution in [3.05, 3.63) is 29.8 Å². The SMILES string of the molecule is CCC(C)C(NC(=O)C(Cc1ccc(O)cc1)NC(=O)C(CC(C)C)NC(=O)C(N)CS)C(=O)O. The van der Waals surface area contributed by atoms with Crippen molar-refractivity contribution in [2.24, 2.45) is 17.6 Å². The molecule has 0 heterocycles. The van der Waals surface area contributed by atoms with Crippen molar-refractivity contribution in [3.8, 4) is 5.75 Å². The van der Waals surface area contributed by atoms with Crippen LogP contribution in [0.4, 0.5) is 0 Å². The van der Waals surface area contributed by atoms with E-state index in [0.717, 1.165) is 0 Å². The topological polar surface area (TPSA) is 171 Å². The zero-order valence-corrected chi connectivity index (χ0v) is 21.5. The molecule has 0 fully saturated rings. The maximum absolute atomic E-state index is 13.2. The van der Waals surface area contributed by atoms with E-state index in [4.69, 9.17) is 5.73 Å². The Kier molecular flexibility index (Phi) is 12.6. The Hall–Kier alpha value is -2.79. The Morgan fingerprint density at radius 3 is 1.97 bits per heavy atom. The van der Waals surface area contributed by atoms with E-state index in [0.29, 0.717) is 18.4 Å². The molecule has 0 aliphatic heterocycles. The highest BCUT2D eigenvalue weighted by Gasteiger charge is 2.32. The van der Waals surface area contributed by atoms with Crippen LogP contribution >= 0.6 is 12.6 Å². The number of nitrogens with one attached hydrogen (secondary N) is 3. The summed E-state index contributed by atoms with van der Waals surface area (Å²) in [6, 6.07) is 2.00. The number of phenolic OH excluding ortho intramolecular Hbond substituents is 1. The molecule has 35 heavy (non-hydrogen) atoms. The lowest BCUT2D eigenvalue weighted by Gasteiger charge is -2.27. The van der Waals surface area contributed by atoms with Crippen LogP contribution in [0.15, 0.2) is 24.3 Å². The summed E-state index contributed by atoms with van der Waals surface area (Å²) in [5.74, 6) is -3.12. The predicted octanol–water partition coefficient (Wildman–Crippen LogP) is 0.823. The number of hydrogen-bond acceptors (Lipinski definition) is 7. The average molecular weight is 511 g/mol. The maximum Gasteiger partial charge on any atom is 0.326 e. The van der Waals surface area contributed by atoms with Gasteiger partial charge in [0.2, 0.25) is 17.7 Å². The monoisotopic (exact) mass is 510 g/mol. The molecule has 0 saturated heterocycles. The summed E-state index contributed by atoms with van der Waals surface area (Å²) in [5, 5.41) is 26.9. The number of thiol groups is 1. The van der Waals surface area contributed by atoms with Gasteiger partial charge in [-0.3, -0.25) is 14.4 Å². The van der Waals surface area contributed by atoms with Crippen LogP contribution in [0.3, 0.4) is 0 Å². The van der Waals surface area contributed by atoms with Gasteiger partial charge < -0.3 is 31.9 Å². The van der Waals surface area contributed by atoms with Gasteiger partial charge in [-0.05, 0) is 36.0 Å². The first-order chi connectivity index (χ1) is 16.4. The normalized spacial score (nSPS) is 15.4.